The second-order valence-electron chi connectivity index (χ2n) is 6.55. The zero-order valence-electron chi connectivity index (χ0n) is 15.7. The summed E-state index contributed by atoms with van der Waals surface area (Å²) in [6, 6.07) is 0. The number of aryl methyl sites for hydroxylation is 1. The second kappa shape index (κ2) is 8.91. The molecule has 152 valence electrons. The van der Waals surface area contributed by atoms with Crippen LogP contribution in [0.3, 0.4) is 0 Å². The van der Waals surface area contributed by atoms with Crippen molar-refractivity contribution >= 4 is 34.1 Å². The highest BCUT2D eigenvalue weighted by atomic mass is 35.5. The summed E-state index contributed by atoms with van der Waals surface area (Å²) in [7, 11) is -1.32. The maximum Gasteiger partial charge on any atom is 0.308 e. The van der Waals surface area contributed by atoms with Gasteiger partial charge in [0.1, 0.15) is 22.3 Å². The van der Waals surface area contributed by atoms with E-state index in [1.807, 2.05) is 11.8 Å². The number of methoxy groups -OCH3 is 1. The summed E-state index contributed by atoms with van der Waals surface area (Å²) in [5.74, 6) is 0.902. The lowest BCUT2D eigenvalue weighted by atomic mass is 9.97. The highest BCUT2D eigenvalue weighted by Crippen LogP contribution is 2.36. The van der Waals surface area contributed by atoms with Crippen LogP contribution in [0.25, 0.3) is 11.5 Å². The van der Waals surface area contributed by atoms with Crippen LogP contribution in [0.2, 0.25) is 5.02 Å². The fourth-order valence-electron chi connectivity index (χ4n) is 3.29. The van der Waals surface area contributed by atoms with Gasteiger partial charge in [0.2, 0.25) is 5.89 Å². The van der Waals surface area contributed by atoms with Gasteiger partial charge in [0.15, 0.2) is 0 Å². The lowest BCUT2D eigenvalue weighted by molar-refractivity contribution is -0.146. The third kappa shape index (κ3) is 4.30. The molecule has 0 N–H and O–H groups in total. The van der Waals surface area contributed by atoms with E-state index < -0.39 is 10.7 Å². The Kier molecular flexibility index (Phi) is 6.56. The fourth-order valence-corrected chi connectivity index (χ4v) is 4.31. The average Bonchev–Trinajstić information content (AvgIpc) is 3.18. The molecule has 0 radical (unpaired) electrons. The van der Waals surface area contributed by atoms with Crippen molar-refractivity contribution in [3.05, 3.63) is 28.7 Å². The number of nitrogens with zero attached hydrogens (tertiary/aromatic N) is 3. The minimum Gasteiger partial charge on any atom is -0.469 e. The number of carbonyl (C=O) groups excluding carboxylic acids is 1. The minimum absolute atomic E-state index is 0.144. The lowest BCUT2D eigenvalue weighted by Gasteiger charge is -2.32. The number of anilines is 1. The number of oxazole rings is 1. The molecule has 3 heterocycles. The van der Waals surface area contributed by atoms with Crippen molar-refractivity contribution in [1.82, 2.24) is 9.97 Å². The number of halogens is 1. The molecule has 8 nitrogen and oxygen atoms in total. The molecule has 3 rings (SSSR count). The zero-order chi connectivity index (χ0) is 20.3. The summed E-state index contributed by atoms with van der Waals surface area (Å²) >= 11 is 6.58. The number of thiol groups is 1. The number of piperidine rings is 1. The van der Waals surface area contributed by atoms with Crippen LogP contribution in [-0.2, 0) is 32.4 Å². The first-order chi connectivity index (χ1) is 13.4. The minimum atomic E-state index is -2.71. The van der Waals surface area contributed by atoms with E-state index in [0.717, 1.165) is 0 Å². The molecule has 1 aliphatic rings. The van der Waals surface area contributed by atoms with Crippen LogP contribution in [0.5, 0.6) is 0 Å². The summed E-state index contributed by atoms with van der Waals surface area (Å²) in [6.45, 7) is 3.09. The number of hydrogen-bond donors (Lipinski definition) is 1. The van der Waals surface area contributed by atoms with Gasteiger partial charge < -0.3 is 14.1 Å². The van der Waals surface area contributed by atoms with Gasteiger partial charge in [-0.2, -0.15) is 0 Å². The van der Waals surface area contributed by atoms with Crippen LogP contribution in [0.4, 0.5) is 5.82 Å². The second-order valence-corrected chi connectivity index (χ2v) is 7.91. The smallest absolute Gasteiger partial charge is 0.308 e. The van der Waals surface area contributed by atoms with Gasteiger partial charge in [-0.15, -0.1) is 0 Å². The van der Waals surface area contributed by atoms with E-state index in [0.29, 0.717) is 60.9 Å². The monoisotopic (exact) mass is 427 g/mol. The van der Waals surface area contributed by atoms with E-state index in [-0.39, 0.29) is 22.7 Å². The van der Waals surface area contributed by atoms with E-state index >= 15 is 0 Å². The van der Waals surface area contributed by atoms with Gasteiger partial charge in [-0.3, -0.25) is 4.79 Å². The Balaban J connectivity index is 1.92. The molecular weight excluding hydrogens is 406 g/mol. The number of carbonyl (C=O) groups is 1. The van der Waals surface area contributed by atoms with Gasteiger partial charge in [-0.05, 0) is 12.8 Å². The van der Waals surface area contributed by atoms with Gasteiger partial charge in [0, 0.05) is 31.3 Å². The van der Waals surface area contributed by atoms with Crippen LogP contribution in [-0.4, -0.2) is 44.6 Å². The SMILES string of the molecule is CCc1cnc(-c2cnc(N3CCC(C(=O)OC)CC3)c(Cl)c2C[SH](=O)=O)o1. The number of aromatic nitrogens is 2. The van der Waals surface area contributed by atoms with Crippen molar-refractivity contribution in [1.29, 1.82) is 0 Å². The molecule has 1 saturated heterocycles. The highest BCUT2D eigenvalue weighted by molar-refractivity contribution is 7.71. The Bertz CT molecular complexity index is 927. The summed E-state index contributed by atoms with van der Waals surface area (Å²) in [5, 5.41) is 0.268. The van der Waals surface area contributed by atoms with E-state index in [1.54, 1.807) is 12.4 Å². The molecule has 0 amide bonds. The molecule has 28 heavy (non-hydrogen) atoms. The normalized spacial score (nSPS) is 15.2. The van der Waals surface area contributed by atoms with Crippen LogP contribution in [0.1, 0.15) is 31.1 Å². The maximum absolute atomic E-state index is 11.7. The number of esters is 1. The number of hydrogen-bond acceptors (Lipinski definition) is 8. The van der Waals surface area contributed by atoms with E-state index in [9.17, 15) is 13.2 Å². The Labute approximate surface area is 169 Å². The molecule has 2 aromatic heterocycles. The molecule has 0 aromatic carbocycles. The zero-order valence-corrected chi connectivity index (χ0v) is 17.3. The first-order valence-electron chi connectivity index (χ1n) is 9.01. The van der Waals surface area contributed by atoms with Crippen LogP contribution >= 0.6 is 11.6 Å². The molecule has 1 fully saturated rings. The van der Waals surface area contributed by atoms with Crippen LogP contribution < -0.4 is 4.90 Å². The average molecular weight is 428 g/mol. The van der Waals surface area contributed by atoms with Crippen molar-refractivity contribution < 1.29 is 22.4 Å². The Hall–Kier alpha value is -2.13. The Morgan fingerprint density at radius 1 is 1.32 bits per heavy atom. The number of ether oxygens (including phenoxy) is 1. The van der Waals surface area contributed by atoms with Gasteiger partial charge in [-0.25, -0.2) is 18.4 Å². The maximum atomic E-state index is 11.7. The van der Waals surface area contributed by atoms with Crippen LogP contribution in [0.15, 0.2) is 16.8 Å². The summed E-state index contributed by atoms with van der Waals surface area (Å²) in [5.41, 5.74) is 0.888. The van der Waals surface area contributed by atoms with Gasteiger partial charge in [0.05, 0.1) is 35.6 Å². The third-order valence-corrected chi connectivity index (χ3v) is 5.82. The molecular formula is C18H22ClN3O5S. The van der Waals surface area contributed by atoms with E-state index in [2.05, 4.69) is 9.97 Å². The topological polar surface area (TPSA) is 103 Å². The fraction of sp³-hybridized carbons (Fsp3) is 0.500. The first kappa shape index (κ1) is 20.6. The van der Waals surface area contributed by atoms with Gasteiger partial charge in [-0.1, -0.05) is 18.5 Å². The molecule has 0 saturated carbocycles. The molecule has 0 aliphatic carbocycles. The highest BCUT2D eigenvalue weighted by Gasteiger charge is 2.28. The lowest BCUT2D eigenvalue weighted by Crippen LogP contribution is -2.37. The largest absolute Gasteiger partial charge is 0.469 e. The predicted molar refractivity (Wildman–Crippen MR) is 105 cm³/mol. The van der Waals surface area contributed by atoms with Gasteiger partial charge >= 0.3 is 5.97 Å². The molecule has 0 spiro atoms. The molecule has 1 aliphatic heterocycles. The standard InChI is InChI=1S/C18H22ClN3O5S/c1-3-12-8-21-17(27-12)13-9-20-16(15(19)14(13)10-28(24)25)22-6-4-11(5-7-22)18(23)26-2/h8-9,11,28H,3-7,10H2,1-2H3. The third-order valence-electron chi connectivity index (χ3n) is 4.85. The summed E-state index contributed by atoms with van der Waals surface area (Å²) < 4.78 is 33.4. The molecule has 0 bridgehead atoms. The van der Waals surface area contributed by atoms with Crippen molar-refractivity contribution in [2.75, 3.05) is 25.1 Å². The summed E-state index contributed by atoms with van der Waals surface area (Å²) in [4.78, 5) is 22.3. The predicted octanol–water partition coefficient (Wildman–Crippen LogP) is 2.45. The number of rotatable bonds is 6. The molecule has 10 heteroatoms. The quantitative estimate of drug-likeness (QED) is 0.554. The van der Waals surface area contributed by atoms with Crippen molar-refractivity contribution in [3.63, 3.8) is 0 Å². The van der Waals surface area contributed by atoms with E-state index in [4.69, 9.17) is 20.8 Å². The Morgan fingerprint density at radius 3 is 2.61 bits per heavy atom. The van der Waals surface area contributed by atoms with Gasteiger partial charge in [0.25, 0.3) is 0 Å². The van der Waals surface area contributed by atoms with E-state index in [1.165, 1.54) is 7.11 Å². The molecule has 0 atom stereocenters. The van der Waals surface area contributed by atoms with Crippen LogP contribution in [0, 0.1) is 5.92 Å². The molecule has 0 unspecified atom stereocenters. The van der Waals surface area contributed by atoms with Crippen molar-refractivity contribution in [3.8, 4) is 11.5 Å². The molecule has 2 aromatic rings. The summed E-state index contributed by atoms with van der Waals surface area (Å²) in [6.07, 6.45) is 5.07. The number of pyridine rings is 1. The van der Waals surface area contributed by atoms with Crippen molar-refractivity contribution in [2.45, 2.75) is 31.9 Å². The Morgan fingerprint density at radius 2 is 2.04 bits per heavy atom. The first-order valence-corrected chi connectivity index (χ1v) is 10.8. The van der Waals surface area contributed by atoms with Crippen molar-refractivity contribution in [2.24, 2.45) is 5.92 Å².